The Bertz CT molecular complexity index is 475. The van der Waals surface area contributed by atoms with E-state index in [4.69, 9.17) is 11.6 Å². The molecule has 0 aromatic carbocycles. The minimum absolute atomic E-state index is 0.175. The maximum absolute atomic E-state index is 11.1. The number of halogens is 1. The normalized spacial score (nSPS) is 12.1. The molecule has 0 N–H and O–H groups in total. The minimum atomic E-state index is -3.13. The van der Waals surface area contributed by atoms with Crippen molar-refractivity contribution in [1.82, 2.24) is 9.97 Å². The molecule has 0 spiro atoms. The van der Waals surface area contributed by atoms with E-state index in [1.165, 1.54) is 0 Å². The zero-order valence-electron chi connectivity index (χ0n) is 9.78. The van der Waals surface area contributed by atoms with Crippen molar-refractivity contribution in [1.29, 1.82) is 0 Å². The average molecular weight is 263 g/mol. The summed E-state index contributed by atoms with van der Waals surface area (Å²) in [5, 5.41) is 0.348. The number of nitrogens with zero attached hydrogens (tertiary/aromatic N) is 2. The van der Waals surface area contributed by atoms with E-state index in [0.717, 1.165) is 17.5 Å². The second kappa shape index (κ2) is 4.67. The summed E-state index contributed by atoms with van der Waals surface area (Å²) in [6.07, 6.45) is 1.15. The Labute approximate surface area is 101 Å². The number of aryl methyl sites for hydroxylation is 1. The van der Waals surface area contributed by atoms with Crippen molar-refractivity contribution in [3.63, 3.8) is 0 Å². The van der Waals surface area contributed by atoms with E-state index in [1.54, 1.807) is 0 Å². The number of sulfone groups is 1. The van der Waals surface area contributed by atoms with Crippen LogP contribution in [0.25, 0.3) is 0 Å². The molecule has 0 radical (unpaired) electrons. The van der Waals surface area contributed by atoms with Crippen molar-refractivity contribution in [2.24, 2.45) is 0 Å². The molecule has 4 nitrogen and oxygen atoms in total. The second-order valence-corrected chi connectivity index (χ2v) is 6.65. The molecule has 0 aliphatic rings. The van der Waals surface area contributed by atoms with Crippen LogP contribution in [0, 0.1) is 6.92 Å². The molecule has 0 bridgehead atoms. The van der Waals surface area contributed by atoms with Gasteiger partial charge in [0, 0.05) is 17.5 Å². The van der Waals surface area contributed by atoms with Gasteiger partial charge in [0.05, 0.1) is 0 Å². The van der Waals surface area contributed by atoms with Gasteiger partial charge in [0.1, 0.15) is 16.7 Å². The van der Waals surface area contributed by atoms with Gasteiger partial charge in [0.15, 0.2) is 9.84 Å². The molecular weight excluding hydrogens is 248 g/mol. The summed E-state index contributed by atoms with van der Waals surface area (Å²) >= 11 is 6.01. The number of rotatable bonds is 3. The molecular formula is C10H15ClN2O2S. The van der Waals surface area contributed by atoms with Gasteiger partial charge in [-0.1, -0.05) is 25.4 Å². The van der Waals surface area contributed by atoms with Gasteiger partial charge in [-0.2, -0.15) is 0 Å². The summed E-state index contributed by atoms with van der Waals surface area (Å²) in [6.45, 7) is 5.80. The molecule has 1 rings (SSSR count). The van der Waals surface area contributed by atoms with Gasteiger partial charge in [-0.25, -0.2) is 18.4 Å². The predicted molar refractivity (Wildman–Crippen MR) is 64.4 cm³/mol. The zero-order valence-corrected chi connectivity index (χ0v) is 11.4. The SMILES string of the molecule is Cc1nc(CS(C)(=O)=O)nc(Cl)c1C(C)C. The first-order valence-electron chi connectivity index (χ1n) is 4.91. The highest BCUT2D eigenvalue weighted by Crippen LogP contribution is 2.25. The lowest BCUT2D eigenvalue weighted by atomic mass is 10.0. The van der Waals surface area contributed by atoms with Crippen LogP contribution in [0.1, 0.15) is 36.8 Å². The molecule has 0 aliphatic heterocycles. The van der Waals surface area contributed by atoms with Gasteiger partial charge in [-0.3, -0.25) is 0 Å². The first-order chi connectivity index (χ1) is 7.20. The molecule has 0 saturated carbocycles. The van der Waals surface area contributed by atoms with E-state index >= 15 is 0 Å². The Hall–Kier alpha value is -0.680. The van der Waals surface area contributed by atoms with Crippen LogP contribution < -0.4 is 0 Å². The van der Waals surface area contributed by atoms with Crippen molar-refractivity contribution >= 4 is 21.4 Å². The van der Waals surface area contributed by atoms with E-state index in [-0.39, 0.29) is 17.5 Å². The number of hydrogen-bond donors (Lipinski definition) is 0. The van der Waals surface area contributed by atoms with Crippen LogP contribution in [0.5, 0.6) is 0 Å². The Morgan fingerprint density at radius 2 is 1.88 bits per heavy atom. The fourth-order valence-corrected chi connectivity index (χ4v) is 2.61. The van der Waals surface area contributed by atoms with Crippen LogP contribution in [0.15, 0.2) is 0 Å². The van der Waals surface area contributed by atoms with Gasteiger partial charge in [-0.15, -0.1) is 0 Å². The van der Waals surface area contributed by atoms with Crippen molar-refractivity contribution in [2.75, 3.05) is 6.26 Å². The third-order valence-corrected chi connectivity index (χ3v) is 3.18. The smallest absolute Gasteiger partial charge is 0.154 e. The third kappa shape index (κ3) is 3.42. The lowest BCUT2D eigenvalue weighted by molar-refractivity contribution is 0.599. The van der Waals surface area contributed by atoms with Crippen LogP contribution in [-0.4, -0.2) is 24.6 Å². The van der Waals surface area contributed by atoms with Crippen LogP contribution in [0.2, 0.25) is 5.15 Å². The van der Waals surface area contributed by atoms with Crippen molar-refractivity contribution in [3.8, 4) is 0 Å². The maximum atomic E-state index is 11.1. The molecule has 0 unspecified atom stereocenters. The molecule has 0 fully saturated rings. The van der Waals surface area contributed by atoms with E-state index in [1.807, 2.05) is 20.8 Å². The molecule has 0 amide bonds. The highest BCUT2D eigenvalue weighted by atomic mass is 35.5. The highest BCUT2D eigenvalue weighted by molar-refractivity contribution is 7.89. The zero-order chi connectivity index (χ0) is 12.5. The van der Waals surface area contributed by atoms with Gasteiger partial charge in [-0.05, 0) is 12.8 Å². The van der Waals surface area contributed by atoms with E-state index in [2.05, 4.69) is 9.97 Å². The lowest BCUT2D eigenvalue weighted by Crippen LogP contribution is -2.09. The largest absolute Gasteiger partial charge is 0.237 e. The molecule has 1 heterocycles. The van der Waals surface area contributed by atoms with Gasteiger partial charge in [0.2, 0.25) is 0 Å². The van der Waals surface area contributed by atoms with Crippen molar-refractivity contribution in [2.45, 2.75) is 32.4 Å². The van der Waals surface area contributed by atoms with Crippen molar-refractivity contribution in [3.05, 3.63) is 22.2 Å². The molecule has 16 heavy (non-hydrogen) atoms. The summed E-state index contributed by atoms with van der Waals surface area (Å²) in [5.74, 6) is 0.306. The minimum Gasteiger partial charge on any atom is -0.237 e. The first-order valence-corrected chi connectivity index (χ1v) is 7.35. The Balaban J connectivity index is 3.20. The Morgan fingerprint density at radius 3 is 2.25 bits per heavy atom. The van der Waals surface area contributed by atoms with Gasteiger partial charge in [0.25, 0.3) is 0 Å². The topological polar surface area (TPSA) is 59.9 Å². The number of hydrogen-bond acceptors (Lipinski definition) is 4. The van der Waals surface area contributed by atoms with Gasteiger partial charge >= 0.3 is 0 Å². The van der Waals surface area contributed by atoms with Crippen LogP contribution in [0.4, 0.5) is 0 Å². The second-order valence-electron chi connectivity index (χ2n) is 4.15. The summed E-state index contributed by atoms with van der Waals surface area (Å²) < 4.78 is 22.2. The summed E-state index contributed by atoms with van der Waals surface area (Å²) in [7, 11) is -3.13. The molecule has 0 saturated heterocycles. The highest BCUT2D eigenvalue weighted by Gasteiger charge is 2.15. The van der Waals surface area contributed by atoms with E-state index < -0.39 is 9.84 Å². The summed E-state index contributed by atoms with van der Waals surface area (Å²) in [6, 6.07) is 0. The Morgan fingerprint density at radius 1 is 1.31 bits per heavy atom. The van der Waals surface area contributed by atoms with E-state index in [0.29, 0.717) is 5.15 Å². The monoisotopic (exact) mass is 262 g/mol. The fraction of sp³-hybridized carbons (Fsp3) is 0.600. The quantitative estimate of drug-likeness (QED) is 0.783. The van der Waals surface area contributed by atoms with Crippen LogP contribution in [-0.2, 0) is 15.6 Å². The maximum Gasteiger partial charge on any atom is 0.154 e. The summed E-state index contributed by atoms with van der Waals surface area (Å²) in [5.41, 5.74) is 1.62. The fourth-order valence-electron chi connectivity index (χ4n) is 1.56. The predicted octanol–water partition coefficient (Wildman–Crippen LogP) is 2.11. The molecule has 1 aromatic rings. The van der Waals surface area contributed by atoms with Crippen LogP contribution in [0.3, 0.4) is 0 Å². The van der Waals surface area contributed by atoms with Crippen molar-refractivity contribution < 1.29 is 8.42 Å². The first kappa shape index (κ1) is 13.4. The van der Waals surface area contributed by atoms with Crippen LogP contribution >= 0.6 is 11.6 Å². The molecule has 0 atom stereocenters. The molecule has 90 valence electrons. The standard InChI is InChI=1S/C10H15ClN2O2S/c1-6(2)9-7(3)12-8(13-10(9)11)5-16(4,14)15/h6H,5H2,1-4H3. The molecule has 0 aliphatic carbocycles. The van der Waals surface area contributed by atoms with E-state index in [9.17, 15) is 8.42 Å². The summed E-state index contributed by atoms with van der Waals surface area (Å²) in [4.78, 5) is 8.18. The number of aromatic nitrogens is 2. The van der Waals surface area contributed by atoms with Gasteiger partial charge < -0.3 is 0 Å². The third-order valence-electron chi connectivity index (χ3n) is 2.10. The Kier molecular flexibility index (Phi) is 3.91. The average Bonchev–Trinajstić information content (AvgIpc) is 1.96. The molecule has 1 aromatic heterocycles. The molecule has 6 heteroatoms. The lowest BCUT2D eigenvalue weighted by Gasteiger charge is -2.11.